The van der Waals surface area contributed by atoms with Crippen LogP contribution >= 0.6 is 0 Å². The third-order valence-corrected chi connectivity index (χ3v) is 4.43. The maximum atomic E-state index is 5.90. The van der Waals surface area contributed by atoms with Crippen molar-refractivity contribution >= 4 is 0 Å². The molecule has 1 atom stereocenters. The number of likely N-dealkylation sites (tertiary alicyclic amines) is 1. The van der Waals surface area contributed by atoms with Crippen LogP contribution in [0.4, 0.5) is 0 Å². The van der Waals surface area contributed by atoms with E-state index in [9.17, 15) is 0 Å². The normalized spacial score (nSPS) is 22.1. The summed E-state index contributed by atoms with van der Waals surface area (Å²) in [4.78, 5) is 2.40. The Labute approximate surface area is 130 Å². The van der Waals surface area contributed by atoms with Crippen molar-refractivity contribution in [1.82, 2.24) is 15.1 Å². The van der Waals surface area contributed by atoms with E-state index >= 15 is 0 Å². The monoisotopic (exact) mass is 299 g/mol. The van der Waals surface area contributed by atoms with Crippen LogP contribution in [0.15, 0.2) is 34.7 Å². The summed E-state index contributed by atoms with van der Waals surface area (Å²) in [5, 5.41) is 8.36. The molecule has 2 heterocycles. The van der Waals surface area contributed by atoms with Crippen LogP contribution in [0.25, 0.3) is 0 Å². The lowest BCUT2D eigenvalue weighted by molar-refractivity contribution is 0.156. The number of para-hydroxylation sites is 1. The van der Waals surface area contributed by atoms with Crippen LogP contribution in [0.2, 0.25) is 0 Å². The summed E-state index contributed by atoms with van der Waals surface area (Å²) in [6, 6.07) is 10.4. The lowest BCUT2D eigenvalue weighted by Crippen LogP contribution is -2.33. The summed E-state index contributed by atoms with van der Waals surface area (Å²) < 4.78 is 11.7. The molecule has 1 saturated carbocycles. The van der Waals surface area contributed by atoms with Crippen molar-refractivity contribution < 1.29 is 9.15 Å². The van der Waals surface area contributed by atoms with E-state index in [1.165, 1.54) is 19.3 Å². The second-order valence-corrected chi connectivity index (χ2v) is 6.20. The third-order valence-electron chi connectivity index (χ3n) is 4.43. The van der Waals surface area contributed by atoms with Gasteiger partial charge in [0.25, 0.3) is 0 Å². The quantitative estimate of drug-likeness (QED) is 0.820. The number of hydrogen-bond acceptors (Lipinski definition) is 5. The first kappa shape index (κ1) is 13.8. The first-order chi connectivity index (χ1) is 10.9. The summed E-state index contributed by atoms with van der Waals surface area (Å²) in [6.07, 6.45) is 4.75. The van der Waals surface area contributed by atoms with Crippen molar-refractivity contribution in [2.75, 3.05) is 13.2 Å². The zero-order valence-corrected chi connectivity index (χ0v) is 12.6. The lowest BCUT2D eigenvalue weighted by atomic mass is 10.2. The predicted molar refractivity (Wildman–Crippen MR) is 81.6 cm³/mol. The van der Waals surface area contributed by atoms with Gasteiger partial charge in [0.05, 0.1) is 6.54 Å². The topological polar surface area (TPSA) is 51.4 Å². The fourth-order valence-electron chi connectivity index (χ4n) is 3.00. The summed E-state index contributed by atoms with van der Waals surface area (Å²) >= 11 is 0. The predicted octanol–water partition coefficient (Wildman–Crippen LogP) is 2.99. The molecular formula is C17H21N3O2. The molecule has 1 aromatic carbocycles. The Hall–Kier alpha value is -1.88. The van der Waals surface area contributed by atoms with Gasteiger partial charge < -0.3 is 9.15 Å². The highest BCUT2D eigenvalue weighted by atomic mass is 16.5. The Kier molecular flexibility index (Phi) is 3.81. The van der Waals surface area contributed by atoms with Crippen molar-refractivity contribution in [3.63, 3.8) is 0 Å². The molecule has 0 N–H and O–H groups in total. The number of ether oxygens (including phenoxy) is 1. The number of aromatic nitrogens is 2. The SMILES string of the molecule is c1ccc(OCC2CCCN2Cc2nnc(C3CC3)o2)cc1. The summed E-state index contributed by atoms with van der Waals surface area (Å²) in [5.41, 5.74) is 0. The number of hydrogen-bond donors (Lipinski definition) is 0. The fraction of sp³-hybridized carbons (Fsp3) is 0.529. The van der Waals surface area contributed by atoms with Crippen molar-refractivity contribution in [2.45, 2.75) is 44.2 Å². The van der Waals surface area contributed by atoms with Gasteiger partial charge in [-0.3, -0.25) is 4.90 Å². The Morgan fingerprint density at radius 2 is 2.00 bits per heavy atom. The molecule has 1 aliphatic heterocycles. The molecule has 4 rings (SSSR count). The zero-order chi connectivity index (χ0) is 14.8. The summed E-state index contributed by atoms with van der Waals surface area (Å²) in [5.74, 6) is 3.03. The molecular weight excluding hydrogens is 278 g/mol. The second-order valence-electron chi connectivity index (χ2n) is 6.20. The molecule has 0 bridgehead atoms. The highest BCUT2D eigenvalue weighted by Gasteiger charge is 2.31. The van der Waals surface area contributed by atoms with E-state index in [1.807, 2.05) is 30.3 Å². The lowest BCUT2D eigenvalue weighted by Gasteiger charge is -2.22. The van der Waals surface area contributed by atoms with Crippen LogP contribution in [-0.2, 0) is 6.54 Å². The van der Waals surface area contributed by atoms with Crippen LogP contribution in [0.3, 0.4) is 0 Å². The third kappa shape index (κ3) is 3.14. The van der Waals surface area contributed by atoms with Gasteiger partial charge in [-0.2, -0.15) is 0 Å². The maximum absolute atomic E-state index is 5.90. The minimum atomic E-state index is 0.427. The molecule has 2 fully saturated rings. The van der Waals surface area contributed by atoms with Crippen molar-refractivity contribution in [3.8, 4) is 5.75 Å². The Morgan fingerprint density at radius 1 is 1.14 bits per heavy atom. The van der Waals surface area contributed by atoms with Gasteiger partial charge >= 0.3 is 0 Å². The van der Waals surface area contributed by atoms with E-state index in [0.29, 0.717) is 18.6 Å². The molecule has 1 aliphatic carbocycles. The second kappa shape index (κ2) is 6.08. The van der Waals surface area contributed by atoms with E-state index in [4.69, 9.17) is 9.15 Å². The molecule has 0 amide bonds. The Morgan fingerprint density at radius 3 is 2.82 bits per heavy atom. The number of benzene rings is 1. The highest BCUT2D eigenvalue weighted by Crippen LogP contribution is 2.39. The van der Waals surface area contributed by atoms with Crippen LogP contribution in [0, 0.1) is 0 Å². The van der Waals surface area contributed by atoms with Crippen molar-refractivity contribution in [1.29, 1.82) is 0 Å². The molecule has 22 heavy (non-hydrogen) atoms. The summed E-state index contributed by atoms with van der Waals surface area (Å²) in [7, 11) is 0. The van der Waals surface area contributed by atoms with E-state index in [2.05, 4.69) is 15.1 Å². The average Bonchev–Trinajstić information content (AvgIpc) is 3.14. The Bertz CT molecular complexity index is 609. The molecule has 1 saturated heterocycles. The maximum Gasteiger partial charge on any atom is 0.230 e. The van der Waals surface area contributed by atoms with E-state index in [0.717, 1.165) is 37.0 Å². The minimum absolute atomic E-state index is 0.427. The molecule has 116 valence electrons. The van der Waals surface area contributed by atoms with Crippen LogP contribution in [0.5, 0.6) is 5.75 Å². The van der Waals surface area contributed by atoms with E-state index in [1.54, 1.807) is 0 Å². The number of nitrogens with zero attached hydrogens (tertiary/aromatic N) is 3. The van der Waals surface area contributed by atoms with Gasteiger partial charge in [-0.05, 0) is 44.4 Å². The van der Waals surface area contributed by atoms with Gasteiger partial charge in [0.15, 0.2) is 0 Å². The molecule has 0 spiro atoms. The van der Waals surface area contributed by atoms with Crippen LogP contribution in [-0.4, -0.2) is 34.3 Å². The fourth-order valence-corrected chi connectivity index (χ4v) is 3.00. The average molecular weight is 299 g/mol. The highest BCUT2D eigenvalue weighted by molar-refractivity contribution is 5.21. The Balaban J connectivity index is 1.34. The molecule has 1 unspecified atom stereocenters. The number of rotatable bonds is 6. The molecule has 2 aliphatic rings. The standard InChI is InChI=1S/C17H21N3O2/c1-2-6-15(7-3-1)21-12-14-5-4-10-20(14)11-16-18-19-17(22-16)13-8-9-13/h1-3,6-7,13-14H,4-5,8-12H2. The van der Waals surface area contributed by atoms with Gasteiger partial charge in [-0.25, -0.2) is 0 Å². The van der Waals surface area contributed by atoms with Gasteiger partial charge in [0.1, 0.15) is 12.4 Å². The smallest absolute Gasteiger partial charge is 0.230 e. The van der Waals surface area contributed by atoms with Crippen molar-refractivity contribution in [2.24, 2.45) is 0 Å². The zero-order valence-electron chi connectivity index (χ0n) is 12.6. The molecule has 2 aromatic rings. The van der Waals surface area contributed by atoms with Gasteiger partial charge in [-0.1, -0.05) is 18.2 Å². The minimum Gasteiger partial charge on any atom is -0.492 e. The molecule has 1 aromatic heterocycles. The first-order valence-electron chi connectivity index (χ1n) is 8.12. The van der Waals surface area contributed by atoms with Gasteiger partial charge in [0.2, 0.25) is 11.8 Å². The van der Waals surface area contributed by atoms with Crippen LogP contribution < -0.4 is 4.74 Å². The van der Waals surface area contributed by atoms with E-state index < -0.39 is 0 Å². The summed E-state index contributed by atoms with van der Waals surface area (Å²) in [6.45, 7) is 2.53. The van der Waals surface area contributed by atoms with Crippen LogP contribution in [0.1, 0.15) is 43.4 Å². The largest absolute Gasteiger partial charge is 0.492 e. The molecule has 5 heteroatoms. The molecule has 5 nitrogen and oxygen atoms in total. The first-order valence-corrected chi connectivity index (χ1v) is 8.12. The molecule has 0 radical (unpaired) electrons. The van der Waals surface area contributed by atoms with Crippen molar-refractivity contribution in [3.05, 3.63) is 42.1 Å². The van der Waals surface area contributed by atoms with E-state index in [-0.39, 0.29) is 0 Å². The van der Waals surface area contributed by atoms with Gasteiger partial charge in [-0.15, -0.1) is 10.2 Å². The van der Waals surface area contributed by atoms with Gasteiger partial charge in [0, 0.05) is 12.0 Å².